The van der Waals surface area contributed by atoms with Gasteiger partial charge in [-0.25, -0.2) is 30.5 Å². The zero-order valence-corrected chi connectivity index (χ0v) is 8.03. The Morgan fingerprint density at radius 1 is 0.933 bits per heavy atom. The van der Waals surface area contributed by atoms with Gasteiger partial charge in [-0.2, -0.15) is 0 Å². The molecule has 0 rings (SSSR count). The van der Waals surface area contributed by atoms with Gasteiger partial charge in [0.2, 0.25) is 0 Å². The molecule has 0 unspecified atom stereocenters. The Morgan fingerprint density at radius 3 is 1.07 bits per heavy atom. The van der Waals surface area contributed by atoms with Crippen LogP contribution in [-0.2, 0) is 21.6 Å². The normalized spacial score (nSPS) is 12.3. The van der Waals surface area contributed by atoms with Crippen molar-refractivity contribution in [2.75, 3.05) is 0 Å². The monoisotopic (exact) mass is 312 g/mol. The van der Waals surface area contributed by atoms with Crippen LogP contribution in [0.2, 0.25) is 0 Å². The topological polar surface area (TPSA) is 63.2 Å². The van der Waals surface area contributed by atoms with E-state index in [1.165, 1.54) is 0 Å². The van der Waals surface area contributed by atoms with E-state index in [2.05, 4.69) is 0 Å². The van der Waals surface area contributed by atoms with Crippen LogP contribution in [0.4, 0.5) is 30.5 Å². The Hall–Kier alpha value is 0.179. The summed E-state index contributed by atoms with van der Waals surface area (Å²) >= 11 is 0. The van der Waals surface area contributed by atoms with Crippen molar-refractivity contribution < 1.29 is 62.0 Å². The standard InChI is InChI=1S/C3HF6.Cu.FH2O3P/c4-2(5,6)1-3(7,8)9;;1-5(2,3)4/h1H;;(H2,2,3,4)/q-1;+2;/p-2. The smallest absolute Gasteiger partial charge is 0.786 e. The fraction of sp³-hybridized carbons (Fsp3) is 0.667. The van der Waals surface area contributed by atoms with Crippen LogP contribution in [-0.4, -0.2) is 12.4 Å². The molecule has 0 fully saturated rings. The summed E-state index contributed by atoms with van der Waals surface area (Å²) in [5, 5.41) is 0. The minimum absolute atomic E-state index is 0. The molecule has 1 radical (unpaired) electrons. The molecule has 0 aromatic rings. The first-order chi connectivity index (χ1) is 5.71. The van der Waals surface area contributed by atoms with E-state index < -0.39 is 26.7 Å². The van der Waals surface area contributed by atoms with Crippen molar-refractivity contribution in [1.29, 1.82) is 0 Å². The summed E-state index contributed by atoms with van der Waals surface area (Å²) in [4.78, 5) is 16.9. The Kier molecular flexibility index (Phi) is 9.18. The summed E-state index contributed by atoms with van der Waals surface area (Å²) < 4.78 is 83.2. The molecule has 0 saturated heterocycles. The Balaban J connectivity index is -0.000000208. The molecule has 0 N–H and O–H groups in total. The molecule has 0 aromatic heterocycles. The van der Waals surface area contributed by atoms with Crippen molar-refractivity contribution in [1.82, 2.24) is 0 Å². The minimum Gasteiger partial charge on any atom is -0.786 e. The van der Waals surface area contributed by atoms with Crippen LogP contribution in [0.5, 0.6) is 0 Å². The molecule has 15 heavy (non-hydrogen) atoms. The van der Waals surface area contributed by atoms with Crippen LogP contribution in [0.1, 0.15) is 0 Å². The third-order valence-electron chi connectivity index (χ3n) is 0.327. The summed E-state index contributed by atoms with van der Waals surface area (Å²) in [6.07, 6.45) is -12.2. The van der Waals surface area contributed by atoms with E-state index in [0.717, 1.165) is 0 Å². The van der Waals surface area contributed by atoms with E-state index >= 15 is 0 Å². The van der Waals surface area contributed by atoms with Crippen LogP contribution in [0.3, 0.4) is 0 Å². The minimum atomic E-state index is -5.64. The Bertz CT molecular complexity index is 186. The Morgan fingerprint density at radius 2 is 1.07 bits per heavy atom. The van der Waals surface area contributed by atoms with Gasteiger partial charge in [-0.3, -0.25) is 0 Å². The van der Waals surface area contributed by atoms with Gasteiger partial charge in [-0.15, -0.1) is 6.42 Å². The SMILES string of the molecule is FC(F)(F)[CH-]C(F)(F)F.O=P([O-])([O-])F.[Cu+2]. The molecular formula is C3HCuF7O3P-. The molecule has 0 heterocycles. The van der Waals surface area contributed by atoms with Gasteiger partial charge in [0.25, 0.3) is 12.4 Å². The van der Waals surface area contributed by atoms with Gasteiger partial charge in [-0.05, 0) is 0 Å². The van der Waals surface area contributed by atoms with Gasteiger partial charge in [-0.1, -0.05) is 0 Å². The molecule has 0 aliphatic rings. The predicted molar refractivity (Wildman–Crippen MR) is 25.1 cm³/mol. The van der Waals surface area contributed by atoms with Gasteiger partial charge in [0.15, 0.2) is 0 Å². The second-order valence-corrected chi connectivity index (χ2v) is 2.52. The maximum atomic E-state index is 10.8. The predicted octanol–water partition coefficient (Wildman–Crippen LogP) is 1.10. The molecule has 0 aromatic carbocycles. The van der Waals surface area contributed by atoms with Crippen molar-refractivity contribution in [3.63, 3.8) is 0 Å². The van der Waals surface area contributed by atoms with Crippen LogP contribution in [0.25, 0.3) is 0 Å². The molecule has 0 amide bonds. The van der Waals surface area contributed by atoms with Crippen LogP contribution in [0, 0.1) is 6.42 Å². The van der Waals surface area contributed by atoms with Gasteiger partial charge in [0.1, 0.15) is 7.91 Å². The third-order valence-corrected chi connectivity index (χ3v) is 0.327. The molecular weight excluding hydrogens is 312 g/mol. The number of hydrogen-bond donors (Lipinski definition) is 0. The average Bonchev–Trinajstić information content (AvgIpc) is 1.42. The molecule has 0 saturated carbocycles. The molecule has 12 heteroatoms. The summed E-state index contributed by atoms with van der Waals surface area (Å²) in [6, 6.07) is 0. The molecule has 0 spiro atoms. The first kappa shape index (κ1) is 20.6. The summed E-state index contributed by atoms with van der Waals surface area (Å²) in [7, 11) is -5.64. The van der Waals surface area contributed by atoms with Gasteiger partial charge in [0, 0.05) is 0 Å². The van der Waals surface area contributed by atoms with Crippen LogP contribution < -0.4 is 9.79 Å². The van der Waals surface area contributed by atoms with Crippen LogP contribution in [0.15, 0.2) is 0 Å². The third kappa shape index (κ3) is 55.1. The molecule has 0 aliphatic heterocycles. The van der Waals surface area contributed by atoms with Gasteiger partial charge >= 0.3 is 17.1 Å². The number of rotatable bonds is 0. The molecule has 0 aliphatic carbocycles. The summed E-state index contributed by atoms with van der Waals surface area (Å²) in [6.45, 7) is 0. The molecule has 97 valence electrons. The van der Waals surface area contributed by atoms with Crippen molar-refractivity contribution in [2.24, 2.45) is 0 Å². The second kappa shape index (κ2) is 6.70. The average molecular weight is 313 g/mol. The van der Waals surface area contributed by atoms with Crippen molar-refractivity contribution in [2.45, 2.75) is 12.4 Å². The zero-order chi connectivity index (χ0) is 12.2. The van der Waals surface area contributed by atoms with Crippen molar-refractivity contribution in [3.8, 4) is 0 Å². The Labute approximate surface area is 89.4 Å². The second-order valence-electron chi connectivity index (χ2n) is 1.66. The fourth-order valence-electron chi connectivity index (χ4n) is 0.186. The largest absolute Gasteiger partial charge is 2.00 e. The molecule has 0 atom stereocenters. The summed E-state index contributed by atoms with van der Waals surface area (Å²) in [5.41, 5.74) is 0. The van der Waals surface area contributed by atoms with Gasteiger partial charge in [0.05, 0.1) is 0 Å². The first-order valence-electron chi connectivity index (χ1n) is 2.43. The molecule has 0 bridgehead atoms. The molecule has 3 nitrogen and oxygen atoms in total. The maximum Gasteiger partial charge on any atom is 2.00 e. The van der Waals surface area contributed by atoms with Gasteiger partial charge < -0.3 is 14.4 Å². The number of alkyl halides is 6. The number of hydrogen-bond acceptors (Lipinski definition) is 3. The van der Waals surface area contributed by atoms with E-state index in [9.17, 15) is 30.5 Å². The van der Waals surface area contributed by atoms with E-state index in [0.29, 0.717) is 0 Å². The van der Waals surface area contributed by atoms with E-state index in [1.54, 1.807) is 0 Å². The number of halogens is 7. The summed E-state index contributed by atoms with van der Waals surface area (Å²) in [5.74, 6) is 0. The fourth-order valence-corrected chi connectivity index (χ4v) is 0.186. The van der Waals surface area contributed by atoms with Crippen LogP contribution >= 0.6 is 7.91 Å². The van der Waals surface area contributed by atoms with E-state index in [-0.39, 0.29) is 17.1 Å². The quantitative estimate of drug-likeness (QED) is 0.291. The maximum absolute atomic E-state index is 10.8. The zero-order valence-electron chi connectivity index (χ0n) is 6.20. The van der Waals surface area contributed by atoms with Crippen molar-refractivity contribution in [3.05, 3.63) is 6.42 Å². The van der Waals surface area contributed by atoms with E-state index in [4.69, 9.17) is 14.4 Å². The first-order valence-corrected chi connectivity index (χ1v) is 3.86. The van der Waals surface area contributed by atoms with Crippen molar-refractivity contribution >= 4 is 7.91 Å². The van der Waals surface area contributed by atoms with E-state index in [1.807, 2.05) is 0 Å².